The summed E-state index contributed by atoms with van der Waals surface area (Å²) in [4.78, 5) is 33.7. The van der Waals surface area contributed by atoms with Crippen LogP contribution in [0.4, 0.5) is 52.8 Å². The number of hydrogen-bond donors (Lipinski definition) is 0. The summed E-state index contributed by atoms with van der Waals surface area (Å²) < 4.78 is 144. The van der Waals surface area contributed by atoms with Crippen LogP contribution < -0.4 is 0 Å². The number of alkyl halides is 10. The molecule has 5 nitrogen and oxygen atoms in total. The lowest BCUT2D eigenvalue weighted by molar-refractivity contribution is -0.246. The lowest BCUT2D eigenvalue weighted by Crippen LogP contribution is -2.39. The van der Waals surface area contributed by atoms with E-state index in [0.29, 0.717) is 34.3 Å². The van der Waals surface area contributed by atoms with Crippen LogP contribution in [0.1, 0.15) is 83.1 Å². The zero-order chi connectivity index (χ0) is 35.6. The summed E-state index contributed by atoms with van der Waals surface area (Å²) in [6.07, 6.45) is -14.0. The minimum atomic E-state index is -4.81. The van der Waals surface area contributed by atoms with Gasteiger partial charge in [0.05, 0.1) is 17.4 Å². The van der Waals surface area contributed by atoms with Crippen molar-refractivity contribution in [2.24, 2.45) is 27.1 Å². The van der Waals surface area contributed by atoms with E-state index in [4.69, 9.17) is 4.74 Å². The summed E-state index contributed by atoms with van der Waals surface area (Å²) in [7, 11) is 0. The van der Waals surface area contributed by atoms with Gasteiger partial charge in [0.2, 0.25) is 0 Å². The molecule has 0 aromatic heterocycles. The molecule has 0 atom stereocenters. The second-order valence-corrected chi connectivity index (χ2v) is 12.8. The van der Waals surface area contributed by atoms with Crippen molar-refractivity contribution in [2.45, 2.75) is 102 Å². The fourth-order valence-electron chi connectivity index (χ4n) is 0.898. The first-order chi connectivity index (χ1) is 17.9. The molecule has 0 amide bonds. The molecule has 0 radical (unpaired) electrons. The maximum absolute atomic E-state index is 11.8. The monoisotopic (exact) mass is 648 g/mol. The summed E-state index contributed by atoms with van der Waals surface area (Å²) >= 11 is 0. The van der Waals surface area contributed by atoms with Gasteiger partial charge in [-0.2, -0.15) is 43.9 Å². The molecule has 0 N–H and O–H groups in total. The summed E-state index contributed by atoms with van der Waals surface area (Å²) in [6.45, 7) is 14.6. The van der Waals surface area contributed by atoms with Crippen LogP contribution in [-0.4, -0.2) is 49.8 Å². The molecule has 0 heterocycles. The number of carbonyl (C=O) groups excluding carboxylic acids is 3. The largest absolute Gasteiger partial charge is 0.465 e. The molecule has 0 saturated carbocycles. The van der Waals surface area contributed by atoms with E-state index in [2.05, 4.69) is 4.94 Å². The Morgan fingerprint density at radius 1 is 0.571 bits per heavy atom. The zero-order valence-corrected chi connectivity index (χ0v) is 25.5. The van der Waals surface area contributed by atoms with Gasteiger partial charge in [0.1, 0.15) is 6.67 Å². The number of carbonyl (C=O) groups is 3. The highest BCUT2D eigenvalue weighted by Gasteiger charge is 2.55. The third kappa shape index (κ3) is 17.7. The van der Waals surface area contributed by atoms with Crippen molar-refractivity contribution < 1.29 is 76.9 Å². The van der Waals surface area contributed by atoms with Crippen molar-refractivity contribution in [3.63, 3.8) is 0 Å². The van der Waals surface area contributed by atoms with Crippen molar-refractivity contribution in [1.29, 1.82) is 0 Å². The zero-order valence-electron chi connectivity index (χ0n) is 25.5. The van der Waals surface area contributed by atoms with Crippen LogP contribution in [0.3, 0.4) is 0 Å². The van der Waals surface area contributed by atoms with Crippen molar-refractivity contribution in [2.75, 3.05) is 13.3 Å². The second-order valence-electron chi connectivity index (χ2n) is 12.8. The van der Waals surface area contributed by atoms with E-state index >= 15 is 0 Å². The Labute approximate surface area is 237 Å². The highest BCUT2D eigenvalue weighted by Crippen LogP contribution is 2.39. The molecular formula is C25H40F12O5. The van der Waals surface area contributed by atoms with Gasteiger partial charge in [0.15, 0.2) is 10.8 Å². The van der Waals surface area contributed by atoms with Gasteiger partial charge in [-0.25, -0.2) is 4.79 Å². The highest BCUT2D eigenvalue weighted by molar-refractivity contribution is 5.76. The fourth-order valence-corrected chi connectivity index (χ4v) is 0.898. The van der Waals surface area contributed by atoms with E-state index in [9.17, 15) is 67.2 Å². The van der Waals surface area contributed by atoms with E-state index < -0.39 is 53.5 Å². The number of rotatable bonds is 4. The van der Waals surface area contributed by atoms with Gasteiger partial charge in [-0.3, -0.25) is 18.9 Å². The minimum absolute atomic E-state index is 0.0565. The van der Waals surface area contributed by atoms with Gasteiger partial charge in [-0.1, -0.05) is 20.8 Å². The normalized spacial score (nSPS) is 13.2. The summed E-state index contributed by atoms with van der Waals surface area (Å²) in [5, 5.41) is 0. The molecule has 42 heavy (non-hydrogen) atoms. The average Bonchev–Trinajstić information content (AvgIpc) is 2.74. The van der Waals surface area contributed by atoms with Crippen molar-refractivity contribution in [3.05, 3.63) is 0 Å². The number of esters is 1. The highest BCUT2D eigenvalue weighted by atomic mass is 19.4. The molecule has 0 unspecified atom stereocenters. The Bertz CT molecular complexity index is 842. The molecule has 254 valence electrons. The van der Waals surface area contributed by atoms with Crippen LogP contribution in [0, 0.1) is 27.1 Å². The Hall–Kier alpha value is -2.23. The Morgan fingerprint density at radius 3 is 1.00 bits per heavy atom. The minimum Gasteiger partial charge on any atom is -0.465 e. The molecule has 0 saturated heterocycles. The van der Waals surface area contributed by atoms with E-state index in [1.165, 1.54) is 0 Å². The van der Waals surface area contributed by atoms with Crippen molar-refractivity contribution >= 4 is 18.0 Å². The van der Waals surface area contributed by atoms with Crippen LogP contribution in [-0.2, 0) is 24.1 Å². The number of ether oxygens (including phenoxy) is 1. The fraction of sp³-hybridized carbons (Fsp3) is 0.880. The topological polar surface area (TPSA) is 69.7 Å². The first-order valence-corrected chi connectivity index (χ1v) is 11.8. The second kappa shape index (κ2) is 16.0. The van der Waals surface area contributed by atoms with Gasteiger partial charge in [0.25, 0.3) is 0 Å². The Morgan fingerprint density at radius 2 is 0.905 bits per heavy atom. The lowest BCUT2D eigenvalue weighted by Gasteiger charge is -2.23. The van der Waals surface area contributed by atoms with E-state index in [1.807, 2.05) is 41.5 Å². The molecule has 0 aromatic carbocycles. The smallest absolute Gasteiger partial charge is 0.404 e. The predicted octanol–water partition coefficient (Wildman–Crippen LogP) is 9.24. The predicted molar refractivity (Wildman–Crippen MR) is 129 cm³/mol. The van der Waals surface area contributed by atoms with Crippen LogP contribution in [0.15, 0.2) is 0 Å². The number of halogens is 12. The van der Waals surface area contributed by atoms with Crippen LogP contribution >= 0.6 is 0 Å². The van der Waals surface area contributed by atoms with Crippen molar-refractivity contribution in [3.8, 4) is 0 Å². The van der Waals surface area contributed by atoms with E-state index in [1.54, 1.807) is 0 Å². The van der Waals surface area contributed by atoms with Gasteiger partial charge in [-0.15, -0.1) is 0 Å². The van der Waals surface area contributed by atoms with Crippen molar-refractivity contribution in [1.82, 2.24) is 0 Å². The molecule has 0 aliphatic heterocycles. The Balaban J connectivity index is -0.000000230. The van der Waals surface area contributed by atoms with Gasteiger partial charge >= 0.3 is 36.5 Å². The summed E-state index contributed by atoms with van der Waals surface area (Å²) in [5.74, 6) is -2.07. The number of hydrogen-bond acceptors (Lipinski definition) is 5. The lowest BCUT2D eigenvalue weighted by atomic mass is 9.93. The molecule has 17 heteroatoms. The summed E-state index contributed by atoms with van der Waals surface area (Å²) in [6, 6.07) is -2.36. The molecular weight excluding hydrogens is 608 g/mol. The Kier molecular flexibility index (Phi) is 17.8. The first-order valence-electron chi connectivity index (χ1n) is 11.8. The van der Waals surface area contributed by atoms with Crippen LogP contribution in [0.2, 0.25) is 0 Å². The van der Waals surface area contributed by atoms with Crippen LogP contribution in [0.5, 0.6) is 0 Å². The average molecular weight is 649 g/mol. The van der Waals surface area contributed by atoms with E-state index in [-0.39, 0.29) is 16.8 Å². The molecule has 0 bridgehead atoms. The first kappa shape index (κ1) is 46.7. The van der Waals surface area contributed by atoms with E-state index in [0.717, 1.165) is 13.8 Å². The standard InChI is InChI=1S/C10H20O2.C5H6F4O2.C5H6F4O.C5H8F4/c1-9(2,3)7-12-8(11)10(4,5)6;1-4(2,3(10)11-9)5(6,7)8;1-4(2,3(6)10)5(7,8)9;1-4(2,3-6)5(7,8)9/h7H2,1-6H3;1-2H3;1-2H3;3H2,1-2H3. The van der Waals surface area contributed by atoms with Crippen LogP contribution in [0.25, 0.3) is 0 Å². The maximum atomic E-state index is 11.8. The molecule has 0 aromatic rings. The molecule has 0 rings (SSSR count). The van der Waals surface area contributed by atoms with Gasteiger partial charge < -0.3 is 4.74 Å². The summed E-state index contributed by atoms with van der Waals surface area (Å²) in [5.41, 5.74) is -8.17. The molecule has 0 aliphatic carbocycles. The quantitative estimate of drug-likeness (QED) is 0.173. The molecule has 0 aliphatic rings. The third-order valence-electron chi connectivity index (χ3n) is 4.84. The maximum Gasteiger partial charge on any atom is 0.404 e. The SMILES string of the molecule is CC(C)(C(=O)F)C(F)(F)F.CC(C)(C(=O)OF)C(F)(F)F.CC(C)(C)COC(=O)C(C)(C)C.CC(C)(CF)C(F)(F)F. The van der Waals surface area contributed by atoms with Gasteiger partial charge in [-0.05, 0) is 67.7 Å². The van der Waals surface area contributed by atoms with Gasteiger partial charge in [0, 0.05) is 4.53 Å². The molecule has 0 spiro atoms. The molecule has 0 fully saturated rings. The third-order valence-corrected chi connectivity index (χ3v) is 4.84.